The second kappa shape index (κ2) is 8.70. The summed E-state index contributed by atoms with van der Waals surface area (Å²) in [7, 11) is 0. The molecular weight excluding hydrogens is 366 g/mol. The highest BCUT2D eigenvalue weighted by Crippen LogP contribution is 2.40. The van der Waals surface area contributed by atoms with E-state index in [1.54, 1.807) is 22.6 Å². The van der Waals surface area contributed by atoms with Crippen LogP contribution in [0.5, 0.6) is 0 Å². The van der Waals surface area contributed by atoms with Crippen molar-refractivity contribution < 1.29 is 4.90 Å². The van der Waals surface area contributed by atoms with Crippen LogP contribution in [0.3, 0.4) is 0 Å². The first-order valence-electron chi connectivity index (χ1n) is 10.9. The van der Waals surface area contributed by atoms with E-state index in [0.29, 0.717) is 0 Å². The zero-order chi connectivity index (χ0) is 19.5. The van der Waals surface area contributed by atoms with Crippen LogP contribution in [-0.2, 0) is 19.3 Å². The molecule has 0 aromatic carbocycles. The van der Waals surface area contributed by atoms with Crippen LogP contribution in [0.15, 0.2) is 6.33 Å². The van der Waals surface area contributed by atoms with Crippen molar-refractivity contribution in [3.63, 3.8) is 0 Å². The van der Waals surface area contributed by atoms with Crippen LogP contribution in [0.1, 0.15) is 56.9 Å². The van der Waals surface area contributed by atoms with Gasteiger partial charge in [0.25, 0.3) is 0 Å². The first-order valence-corrected chi connectivity index (χ1v) is 11.7. The topological polar surface area (TPSA) is 55.1 Å². The Hall–Kier alpha value is -1.79. The van der Waals surface area contributed by atoms with E-state index in [4.69, 9.17) is 9.97 Å². The predicted molar refractivity (Wildman–Crippen MR) is 119 cm³/mol. The molecule has 3 aromatic rings. The molecule has 3 heterocycles. The number of quaternary nitrogens is 1. The molecule has 150 valence electrons. The standard InChI is InChI=1S/C22H31N5S/c1-4-9-17-15-10-7-8-11-16(15)18-19-20(28-22(18)26-17)21(25-14-24-19)23-12-13-27(5-2)6-3/h14H,4-13H2,1-3H3,(H,23,24,25)/p+1. The van der Waals surface area contributed by atoms with E-state index in [0.717, 1.165) is 61.6 Å². The molecule has 1 aliphatic rings. The Balaban J connectivity index is 1.75. The highest BCUT2D eigenvalue weighted by molar-refractivity contribution is 7.26. The molecule has 0 saturated heterocycles. The van der Waals surface area contributed by atoms with Gasteiger partial charge in [-0.2, -0.15) is 0 Å². The maximum atomic E-state index is 5.11. The lowest BCUT2D eigenvalue weighted by Crippen LogP contribution is -3.12. The summed E-state index contributed by atoms with van der Waals surface area (Å²) in [4.78, 5) is 17.1. The lowest BCUT2D eigenvalue weighted by atomic mass is 9.88. The largest absolute Gasteiger partial charge is 0.363 e. The minimum Gasteiger partial charge on any atom is -0.363 e. The first-order chi connectivity index (χ1) is 13.8. The zero-order valence-corrected chi connectivity index (χ0v) is 18.2. The third-order valence-electron chi connectivity index (χ3n) is 6.07. The summed E-state index contributed by atoms with van der Waals surface area (Å²) in [6.45, 7) is 11.1. The molecule has 0 aliphatic heterocycles. The maximum Gasteiger partial charge on any atom is 0.147 e. The van der Waals surface area contributed by atoms with E-state index in [2.05, 4.69) is 31.1 Å². The van der Waals surface area contributed by atoms with Crippen molar-refractivity contribution in [1.82, 2.24) is 15.0 Å². The highest BCUT2D eigenvalue weighted by atomic mass is 32.1. The maximum absolute atomic E-state index is 5.11. The molecule has 0 saturated carbocycles. The van der Waals surface area contributed by atoms with Gasteiger partial charge in [0.1, 0.15) is 17.0 Å². The monoisotopic (exact) mass is 398 g/mol. The van der Waals surface area contributed by atoms with Gasteiger partial charge in [0.15, 0.2) is 0 Å². The van der Waals surface area contributed by atoms with E-state index in [1.165, 1.54) is 46.2 Å². The van der Waals surface area contributed by atoms with Crippen molar-refractivity contribution in [1.29, 1.82) is 0 Å². The molecule has 0 bridgehead atoms. The van der Waals surface area contributed by atoms with E-state index in [-0.39, 0.29) is 0 Å². The fourth-order valence-corrected chi connectivity index (χ4v) is 5.61. The van der Waals surface area contributed by atoms with Gasteiger partial charge in [0.2, 0.25) is 0 Å². The molecule has 3 aromatic heterocycles. The molecule has 0 spiro atoms. The SMILES string of the molecule is CCCc1nc2sc3c(NCC[NH+](CC)CC)ncnc3c2c2c1CCCC2. The van der Waals surface area contributed by atoms with Gasteiger partial charge in [0.05, 0.1) is 36.4 Å². The highest BCUT2D eigenvalue weighted by Gasteiger charge is 2.22. The third-order valence-corrected chi connectivity index (χ3v) is 7.15. The lowest BCUT2D eigenvalue weighted by Gasteiger charge is -2.19. The summed E-state index contributed by atoms with van der Waals surface area (Å²) in [6, 6.07) is 0. The first kappa shape index (κ1) is 19.5. The van der Waals surface area contributed by atoms with Crippen LogP contribution in [-0.4, -0.2) is 41.1 Å². The number of thiophene rings is 1. The number of anilines is 1. The Bertz CT molecular complexity index is 961. The average molecular weight is 399 g/mol. The van der Waals surface area contributed by atoms with Crippen LogP contribution >= 0.6 is 11.3 Å². The minimum atomic E-state index is 0.935. The van der Waals surface area contributed by atoms with Crippen molar-refractivity contribution in [2.75, 3.05) is 31.5 Å². The normalized spacial score (nSPS) is 14.1. The van der Waals surface area contributed by atoms with Gasteiger partial charge < -0.3 is 10.2 Å². The van der Waals surface area contributed by atoms with Gasteiger partial charge in [-0.25, -0.2) is 15.0 Å². The van der Waals surface area contributed by atoms with Gasteiger partial charge in [-0.15, -0.1) is 11.3 Å². The Labute approximate surface area is 171 Å². The van der Waals surface area contributed by atoms with Crippen molar-refractivity contribution in [2.45, 2.75) is 59.3 Å². The molecule has 6 heteroatoms. The van der Waals surface area contributed by atoms with Gasteiger partial charge in [-0.05, 0) is 57.1 Å². The van der Waals surface area contributed by atoms with Crippen LogP contribution < -0.4 is 10.2 Å². The van der Waals surface area contributed by atoms with Crippen molar-refractivity contribution in [3.8, 4) is 0 Å². The van der Waals surface area contributed by atoms with E-state index in [9.17, 15) is 0 Å². The van der Waals surface area contributed by atoms with Crippen LogP contribution in [0.25, 0.3) is 20.4 Å². The number of aryl methyl sites for hydroxylation is 2. The summed E-state index contributed by atoms with van der Waals surface area (Å²) in [6.07, 6.45) is 8.84. The smallest absolute Gasteiger partial charge is 0.147 e. The number of fused-ring (bicyclic) bond motifs is 5. The number of aromatic nitrogens is 3. The summed E-state index contributed by atoms with van der Waals surface area (Å²) in [5, 5.41) is 4.88. The summed E-state index contributed by atoms with van der Waals surface area (Å²) < 4.78 is 1.17. The molecule has 0 atom stereocenters. The molecule has 2 N–H and O–H groups in total. The Morgan fingerprint density at radius 1 is 1.07 bits per heavy atom. The van der Waals surface area contributed by atoms with E-state index in [1.807, 2.05) is 0 Å². The number of rotatable bonds is 8. The number of nitrogens with one attached hydrogen (secondary N) is 2. The fourth-order valence-electron chi connectivity index (χ4n) is 4.47. The number of likely N-dealkylation sites (N-methyl/N-ethyl adjacent to an activating group) is 1. The van der Waals surface area contributed by atoms with E-state index < -0.39 is 0 Å². The summed E-state index contributed by atoms with van der Waals surface area (Å²) in [5.41, 5.74) is 5.45. The molecule has 1 aliphatic carbocycles. The van der Waals surface area contributed by atoms with Gasteiger partial charge in [-0.3, -0.25) is 0 Å². The fraction of sp³-hybridized carbons (Fsp3) is 0.591. The van der Waals surface area contributed by atoms with Crippen LogP contribution in [0.4, 0.5) is 5.82 Å². The number of hydrogen-bond acceptors (Lipinski definition) is 5. The van der Waals surface area contributed by atoms with Crippen molar-refractivity contribution in [2.24, 2.45) is 0 Å². The summed E-state index contributed by atoms with van der Waals surface area (Å²) >= 11 is 1.77. The minimum absolute atomic E-state index is 0.935. The zero-order valence-electron chi connectivity index (χ0n) is 17.4. The van der Waals surface area contributed by atoms with Crippen LogP contribution in [0, 0.1) is 0 Å². The molecule has 28 heavy (non-hydrogen) atoms. The Kier molecular flexibility index (Phi) is 6.07. The Morgan fingerprint density at radius 2 is 1.86 bits per heavy atom. The average Bonchev–Trinajstić information content (AvgIpc) is 3.11. The van der Waals surface area contributed by atoms with Gasteiger partial charge >= 0.3 is 0 Å². The summed E-state index contributed by atoms with van der Waals surface area (Å²) in [5.74, 6) is 0.973. The lowest BCUT2D eigenvalue weighted by molar-refractivity contribution is -0.894. The molecule has 5 nitrogen and oxygen atoms in total. The Morgan fingerprint density at radius 3 is 2.61 bits per heavy atom. The molecule has 0 fully saturated rings. The van der Waals surface area contributed by atoms with Gasteiger partial charge in [0, 0.05) is 11.1 Å². The molecule has 0 unspecified atom stereocenters. The number of nitrogens with zero attached hydrogens (tertiary/aromatic N) is 3. The molecule has 0 amide bonds. The van der Waals surface area contributed by atoms with Crippen LogP contribution in [0.2, 0.25) is 0 Å². The van der Waals surface area contributed by atoms with Crippen molar-refractivity contribution in [3.05, 3.63) is 23.1 Å². The second-order valence-electron chi connectivity index (χ2n) is 7.79. The second-order valence-corrected chi connectivity index (χ2v) is 8.79. The number of hydrogen-bond donors (Lipinski definition) is 2. The molecular formula is C22H32N5S+. The molecule has 0 radical (unpaired) electrons. The van der Waals surface area contributed by atoms with Gasteiger partial charge in [-0.1, -0.05) is 13.3 Å². The quantitative estimate of drug-likeness (QED) is 0.611. The van der Waals surface area contributed by atoms with E-state index >= 15 is 0 Å². The predicted octanol–water partition coefficient (Wildman–Crippen LogP) is 3.41. The number of pyridine rings is 1. The van der Waals surface area contributed by atoms with Crippen molar-refractivity contribution >= 4 is 37.6 Å². The third kappa shape index (κ3) is 3.60. The molecule has 4 rings (SSSR count).